The third-order valence-electron chi connectivity index (χ3n) is 4.88. The van der Waals surface area contributed by atoms with E-state index < -0.39 is 0 Å². The van der Waals surface area contributed by atoms with Crippen LogP contribution < -0.4 is 0 Å². The third-order valence-corrected chi connectivity index (χ3v) is 5.30. The molecule has 2 heterocycles. The second-order valence-electron chi connectivity index (χ2n) is 6.25. The topological polar surface area (TPSA) is 9.86 Å². The van der Waals surface area contributed by atoms with Crippen LogP contribution in [0.25, 0.3) is 21.8 Å². The molecule has 0 amide bonds. The molecule has 2 nitrogen and oxygen atoms in total. The molecule has 0 aliphatic rings. The van der Waals surface area contributed by atoms with Crippen LogP contribution in [0.1, 0.15) is 17.0 Å². The molecular formula is C20H19ClN2. The van der Waals surface area contributed by atoms with Crippen molar-refractivity contribution in [2.45, 2.75) is 13.3 Å². The molecule has 2 aromatic carbocycles. The van der Waals surface area contributed by atoms with Crippen molar-refractivity contribution in [3.8, 4) is 0 Å². The lowest BCUT2D eigenvalue weighted by molar-refractivity contribution is 0.879. The summed E-state index contributed by atoms with van der Waals surface area (Å²) >= 11 is 6.73. The minimum Gasteiger partial charge on any atom is -0.347 e. The summed E-state index contributed by atoms with van der Waals surface area (Å²) in [4.78, 5) is 0. The summed E-state index contributed by atoms with van der Waals surface area (Å²) in [5, 5.41) is 3.34. The Bertz CT molecular complexity index is 1040. The number of fused-ring (bicyclic) bond motifs is 2. The summed E-state index contributed by atoms with van der Waals surface area (Å²) in [7, 11) is 4.20. The van der Waals surface area contributed by atoms with Gasteiger partial charge in [0.2, 0.25) is 0 Å². The number of aryl methyl sites for hydroxylation is 3. The third kappa shape index (κ3) is 2.17. The van der Waals surface area contributed by atoms with Gasteiger partial charge in [0.1, 0.15) is 0 Å². The number of aromatic nitrogens is 2. The zero-order chi connectivity index (χ0) is 16.1. The highest BCUT2D eigenvalue weighted by molar-refractivity contribution is 6.36. The second-order valence-corrected chi connectivity index (χ2v) is 6.63. The van der Waals surface area contributed by atoms with Crippen molar-refractivity contribution in [1.29, 1.82) is 0 Å². The first-order valence-corrected chi connectivity index (χ1v) is 8.21. The lowest BCUT2D eigenvalue weighted by Gasteiger charge is -2.09. The Hall–Kier alpha value is -2.19. The number of nitrogens with zero attached hydrogens (tertiary/aromatic N) is 2. The number of rotatable bonds is 2. The number of para-hydroxylation sites is 1. The molecule has 3 heteroatoms. The van der Waals surface area contributed by atoms with Gasteiger partial charge in [0.25, 0.3) is 0 Å². The molecule has 4 aromatic rings. The molecule has 0 N–H and O–H groups in total. The van der Waals surface area contributed by atoms with Crippen molar-refractivity contribution >= 4 is 33.4 Å². The van der Waals surface area contributed by atoms with Crippen molar-refractivity contribution in [1.82, 2.24) is 9.13 Å². The van der Waals surface area contributed by atoms with E-state index in [9.17, 15) is 0 Å². The maximum Gasteiger partial charge on any atom is 0.0684 e. The summed E-state index contributed by atoms with van der Waals surface area (Å²) < 4.78 is 4.43. The number of hydrogen-bond donors (Lipinski definition) is 0. The van der Waals surface area contributed by atoms with Gasteiger partial charge in [0.05, 0.1) is 10.5 Å². The second kappa shape index (κ2) is 5.17. The van der Waals surface area contributed by atoms with Crippen molar-refractivity contribution < 1.29 is 0 Å². The van der Waals surface area contributed by atoms with Crippen LogP contribution in [-0.4, -0.2) is 9.13 Å². The molecule has 0 fully saturated rings. The van der Waals surface area contributed by atoms with Crippen molar-refractivity contribution in [2.75, 3.05) is 0 Å². The fourth-order valence-corrected chi connectivity index (χ4v) is 3.79. The quantitative estimate of drug-likeness (QED) is 0.478. The van der Waals surface area contributed by atoms with Crippen LogP contribution in [0.3, 0.4) is 0 Å². The van der Waals surface area contributed by atoms with Crippen molar-refractivity contribution in [3.63, 3.8) is 0 Å². The Morgan fingerprint density at radius 3 is 2.48 bits per heavy atom. The monoisotopic (exact) mass is 322 g/mol. The zero-order valence-electron chi connectivity index (χ0n) is 13.6. The molecule has 0 aliphatic heterocycles. The summed E-state index contributed by atoms with van der Waals surface area (Å²) in [6.07, 6.45) is 0.837. The van der Waals surface area contributed by atoms with Crippen LogP contribution in [0.2, 0.25) is 5.02 Å². The van der Waals surface area contributed by atoms with Gasteiger partial charge in [-0.2, -0.15) is 0 Å². The van der Waals surface area contributed by atoms with Crippen molar-refractivity contribution in [2.24, 2.45) is 14.1 Å². The lowest BCUT2D eigenvalue weighted by Crippen LogP contribution is -1.99. The highest BCUT2D eigenvalue weighted by Crippen LogP contribution is 2.31. The molecule has 23 heavy (non-hydrogen) atoms. The highest BCUT2D eigenvalue weighted by Gasteiger charge is 2.13. The molecule has 2 aromatic heterocycles. The zero-order valence-corrected chi connectivity index (χ0v) is 14.4. The van der Waals surface area contributed by atoms with E-state index in [2.05, 4.69) is 78.7 Å². The van der Waals surface area contributed by atoms with E-state index in [1.165, 1.54) is 33.2 Å². The summed E-state index contributed by atoms with van der Waals surface area (Å²) in [5.74, 6) is 0. The molecule has 0 spiro atoms. The molecule has 0 unspecified atom stereocenters. The fraction of sp³-hybridized carbons (Fsp3) is 0.200. The molecule has 0 saturated heterocycles. The van der Waals surface area contributed by atoms with E-state index in [0.717, 1.165) is 17.0 Å². The van der Waals surface area contributed by atoms with Crippen LogP contribution in [0.5, 0.6) is 0 Å². The average Bonchev–Trinajstić information content (AvgIpc) is 3.01. The Balaban J connectivity index is 1.84. The van der Waals surface area contributed by atoms with E-state index >= 15 is 0 Å². The first-order valence-electron chi connectivity index (χ1n) is 7.83. The lowest BCUT2D eigenvalue weighted by atomic mass is 10.1. The van der Waals surface area contributed by atoms with Gasteiger partial charge in [-0.3, -0.25) is 0 Å². The van der Waals surface area contributed by atoms with Crippen LogP contribution in [0.4, 0.5) is 0 Å². The van der Waals surface area contributed by atoms with Gasteiger partial charge in [0.15, 0.2) is 0 Å². The summed E-state index contributed by atoms with van der Waals surface area (Å²) in [6, 6.07) is 17.2. The molecule has 4 rings (SSSR count). The van der Waals surface area contributed by atoms with Gasteiger partial charge in [0, 0.05) is 42.8 Å². The molecule has 0 radical (unpaired) electrons. The first-order chi connectivity index (χ1) is 11.1. The molecule has 0 bridgehead atoms. The molecule has 0 aliphatic carbocycles. The predicted molar refractivity (Wildman–Crippen MR) is 98.4 cm³/mol. The SMILES string of the molecule is Cc1cc2ccc(Cc3cc4ccccc4n3C)c(Cl)c2n1C. The Kier molecular flexibility index (Phi) is 3.24. The summed E-state index contributed by atoms with van der Waals surface area (Å²) in [6.45, 7) is 2.11. The van der Waals surface area contributed by atoms with Gasteiger partial charge in [-0.25, -0.2) is 0 Å². The number of hydrogen-bond acceptors (Lipinski definition) is 0. The van der Waals surface area contributed by atoms with Gasteiger partial charge in [-0.05, 0) is 36.1 Å². The van der Waals surface area contributed by atoms with E-state index in [4.69, 9.17) is 11.6 Å². The molecular weight excluding hydrogens is 304 g/mol. The van der Waals surface area contributed by atoms with E-state index in [0.29, 0.717) is 0 Å². The number of halogens is 1. The minimum absolute atomic E-state index is 0.837. The predicted octanol–water partition coefficient (Wildman–Crippen LogP) is 5.22. The van der Waals surface area contributed by atoms with E-state index in [1.54, 1.807) is 0 Å². The smallest absolute Gasteiger partial charge is 0.0684 e. The standard InChI is InChI=1S/C20H19ClN2/c1-13-10-16-9-8-15(19(21)20(16)22(13)2)12-17-11-14-6-4-5-7-18(14)23(17)3/h4-11H,12H2,1-3H3. The molecule has 0 saturated carbocycles. The molecule has 116 valence electrons. The van der Waals surface area contributed by atoms with Crippen LogP contribution >= 0.6 is 11.6 Å². The Morgan fingerprint density at radius 2 is 1.70 bits per heavy atom. The van der Waals surface area contributed by atoms with Gasteiger partial charge < -0.3 is 9.13 Å². The average molecular weight is 323 g/mol. The first kappa shape index (κ1) is 14.4. The minimum atomic E-state index is 0.837. The van der Waals surface area contributed by atoms with Gasteiger partial charge in [-0.1, -0.05) is 41.9 Å². The Labute approximate surface area is 140 Å². The largest absolute Gasteiger partial charge is 0.347 e. The van der Waals surface area contributed by atoms with Gasteiger partial charge >= 0.3 is 0 Å². The van der Waals surface area contributed by atoms with Crippen LogP contribution in [0, 0.1) is 6.92 Å². The summed E-state index contributed by atoms with van der Waals surface area (Å²) in [5.41, 5.74) is 6.06. The van der Waals surface area contributed by atoms with E-state index in [1.807, 2.05) is 0 Å². The molecule has 0 atom stereocenters. The maximum absolute atomic E-state index is 6.73. The van der Waals surface area contributed by atoms with Crippen LogP contribution in [-0.2, 0) is 20.5 Å². The Morgan fingerprint density at radius 1 is 0.913 bits per heavy atom. The van der Waals surface area contributed by atoms with Crippen molar-refractivity contribution in [3.05, 3.63) is 70.5 Å². The normalized spacial score (nSPS) is 11.7. The van der Waals surface area contributed by atoms with Crippen LogP contribution in [0.15, 0.2) is 48.5 Å². The number of benzene rings is 2. The van der Waals surface area contributed by atoms with Gasteiger partial charge in [-0.15, -0.1) is 0 Å². The maximum atomic E-state index is 6.73. The highest BCUT2D eigenvalue weighted by atomic mass is 35.5. The fourth-order valence-electron chi connectivity index (χ4n) is 3.42. The van der Waals surface area contributed by atoms with E-state index in [-0.39, 0.29) is 0 Å².